The molecule has 5 rings (SSSR count). The van der Waals surface area contributed by atoms with Crippen LogP contribution in [-0.4, -0.2) is 23.4 Å². The maximum absolute atomic E-state index is 12.7. The number of carbonyl (C=O) groups excluding carboxylic acids is 4. The Balaban J connectivity index is 1.61. The van der Waals surface area contributed by atoms with Gasteiger partial charge in [-0.3, -0.25) is 19.2 Å². The van der Waals surface area contributed by atoms with Crippen molar-refractivity contribution in [2.45, 2.75) is 0 Å². The number of anilines is 1. The summed E-state index contributed by atoms with van der Waals surface area (Å²) in [5.74, 6) is -2.23. The number of Topliss-reactive ketones (excluding diaryl/α,β-unsaturated/α-hetero) is 2. The van der Waals surface area contributed by atoms with Crippen molar-refractivity contribution in [3.8, 4) is 0 Å². The lowest BCUT2D eigenvalue weighted by Crippen LogP contribution is -2.43. The SMILES string of the molecule is O=C1C=c2cc3c(NC(=O)c4ccccc4)cccc3cc2=C(NC(=O)c2ccccc2)C1=O. The molecule has 0 heterocycles. The van der Waals surface area contributed by atoms with Gasteiger partial charge in [-0.05, 0) is 59.1 Å². The molecule has 164 valence electrons. The Bertz CT molecular complexity index is 1610. The maximum Gasteiger partial charge on any atom is 0.255 e. The van der Waals surface area contributed by atoms with Crippen LogP contribution in [0.15, 0.2) is 91.0 Å². The average molecular weight is 446 g/mol. The highest BCUT2D eigenvalue weighted by atomic mass is 16.2. The van der Waals surface area contributed by atoms with Crippen LogP contribution in [0.5, 0.6) is 0 Å². The van der Waals surface area contributed by atoms with Crippen molar-refractivity contribution >= 4 is 51.6 Å². The van der Waals surface area contributed by atoms with Crippen LogP contribution in [0.1, 0.15) is 20.7 Å². The summed E-state index contributed by atoms with van der Waals surface area (Å²) in [5, 5.41) is 7.92. The van der Waals surface area contributed by atoms with Gasteiger partial charge in [-0.1, -0.05) is 48.5 Å². The van der Waals surface area contributed by atoms with Crippen molar-refractivity contribution in [3.63, 3.8) is 0 Å². The van der Waals surface area contributed by atoms with Crippen molar-refractivity contribution in [2.75, 3.05) is 5.32 Å². The number of nitrogens with one attached hydrogen (secondary N) is 2. The van der Waals surface area contributed by atoms with Crippen LogP contribution < -0.4 is 21.1 Å². The van der Waals surface area contributed by atoms with Crippen molar-refractivity contribution in [1.29, 1.82) is 0 Å². The largest absolute Gasteiger partial charge is 0.321 e. The Hall–Kier alpha value is -4.84. The highest BCUT2D eigenvalue weighted by molar-refractivity contribution is 6.60. The molecule has 34 heavy (non-hydrogen) atoms. The Morgan fingerprint density at radius 2 is 1.26 bits per heavy atom. The van der Waals surface area contributed by atoms with Crippen LogP contribution in [0, 0.1) is 0 Å². The van der Waals surface area contributed by atoms with Gasteiger partial charge in [-0.25, -0.2) is 0 Å². The third-order valence-electron chi connectivity index (χ3n) is 5.62. The van der Waals surface area contributed by atoms with Crippen LogP contribution in [0.3, 0.4) is 0 Å². The summed E-state index contributed by atoms with van der Waals surface area (Å²) >= 11 is 0. The second-order valence-electron chi connectivity index (χ2n) is 7.82. The molecule has 0 atom stereocenters. The second kappa shape index (κ2) is 8.60. The van der Waals surface area contributed by atoms with Gasteiger partial charge in [0.15, 0.2) is 0 Å². The molecule has 6 nitrogen and oxygen atoms in total. The van der Waals surface area contributed by atoms with E-state index in [2.05, 4.69) is 10.6 Å². The topological polar surface area (TPSA) is 92.3 Å². The minimum atomic E-state index is -0.773. The third kappa shape index (κ3) is 3.89. The number of ketones is 2. The van der Waals surface area contributed by atoms with E-state index in [0.717, 1.165) is 5.39 Å². The molecule has 0 bridgehead atoms. The van der Waals surface area contributed by atoms with E-state index in [4.69, 9.17) is 0 Å². The minimum absolute atomic E-state index is 0.0584. The molecule has 6 heteroatoms. The Morgan fingerprint density at radius 3 is 1.91 bits per heavy atom. The first-order valence-corrected chi connectivity index (χ1v) is 10.6. The molecule has 1 aliphatic rings. The first kappa shape index (κ1) is 21.0. The lowest BCUT2D eigenvalue weighted by Gasteiger charge is -2.14. The van der Waals surface area contributed by atoms with Gasteiger partial charge in [0.1, 0.15) is 5.70 Å². The summed E-state index contributed by atoms with van der Waals surface area (Å²) in [6.07, 6.45) is 1.26. The van der Waals surface area contributed by atoms with Crippen LogP contribution >= 0.6 is 0 Å². The van der Waals surface area contributed by atoms with E-state index < -0.39 is 17.5 Å². The average Bonchev–Trinajstić information content (AvgIpc) is 2.87. The fraction of sp³-hybridized carbons (Fsp3) is 0. The van der Waals surface area contributed by atoms with Crippen LogP contribution in [-0.2, 0) is 9.59 Å². The van der Waals surface area contributed by atoms with Gasteiger partial charge in [0.05, 0.1) is 0 Å². The van der Waals surface area contributed by atoms with Crippen molar-refractivity contribution < 1.29 is 19.2 Å². The van der Waals surface area contributed by atoms with E-state index in [1.54, 1.807) is 78.9 Å². The lowest BCUT2D eigenvalue weighted by molar-refractivity contribution is -0.129. The summed E-state index contributed by atoms with van der Waals surface area (Å²) in [4.78, 5) is 50.5. The fourth-order valence-electron chi connectivity index (χ4n) is 3.92. The van der Waals surface area contributed by atoms with Crippen LogP contribution in [0.25, 0.3) is 22.5 Å². The van der Waals surface area contributed by atoms with Gasteiger partial charge < -0.3 is 10.6 Å². The van der Waals surface area contributed by atoms with Crippen LogP contribution in [0.2, 0.25) is 0 Å². The summed E-state index contributed by atoms with van der Waals surface area (Å²) in [6, 6.07) is 26.2. The van der Waals surface area contributed by atoms with Gasteiger partial charge in [0.2, 0.25) is 11.6 Å². The van der Waals surface area contributed by atoms with Gasteiger partial charge in [-0.2, -0.15) is 0 Å². The zero-order chi connectivity index (χ0) is 23.7. The molecule has 4 aromatic rings. The normalized spacial score (nSPS) is 12.6. The molecular weight excluding hydrogens is 428 g/mol. The molecule has 0 fully saturated rings. The standard InChI is InChI=1S/C28H18N2O4/c31-24-16-20-15-21-19(12-7-13-23(21)29-27(33)17-8-3-1-4-9-17)14-22(20)25(26(24)32)30-28(34)18-10-5-2-6-11-18/h1-16H,(H,29,33)(H,30,34). The molecule has 2 N–H and O–H groups in total. The zero-order valence-corrected chi connectivity index (χ0v) is 17.9. The molecule has 0 unspecified atom stereocenters. The Kier molecular flexibility index (Phi) is 5.32. The van der Waals surface area contributed by atoms with Crippen molar-refractivity contribution in [1.82, 2.24) is 5.32 Å². The fourth-order valence-corrected chi connectivity index (χ4v) is 3.92. The summed E-state index contributed by atoms with van der Waals surface area (Å²) in [5.41, 5.74) is 1.40. The van der Waals surface area contributed by atoms with E-state index in [0.29, 0.717) is 32.6 Å². The smallest absolute Gasteiger partial charge is 0.255 e. The van der Waals surface area contributed by atoms with E-state index in [9.17, 15) is 19.2 Å². The molecule has 0 spiro atoms. The van der Waals surface area contributed by atoms with Gasteiger partial charge in [-0.15, -0.1) is 0 Å². The molecular formula is C28H18N2O4. The molecule has 0 aliphatic heterocycles. The number of hydrogen-bond donors (Lipinski definition) is 2. The summed E-state index contributed by atoms with van der Waals surface area (Å²) < 4.78 is 0. The molecule has 1 aliphatic carbocycles. The Morgan fingerprint density at radius 1 is 0.647 bits per heavy atom. The molecule has 0 radical (unpaired) electrons. The monoisotopic (exact) mass is 446 g/mol. The molecule has 2 amide bonds. The quantitative estimate of drug-likeness (QED) is 0.472. The first-order valence-electron chi connectivity index (χ1n) is 10.6. The van der Waals surface area contributed by atoms with E-state index in [1.165, 1.54) is 6.08 Å². The third-order valence-corrected chi connectivity index (χ3v) is 5.62. The Labute approximate surface area is 194 Å². The summed E-state index contributed by atoms with van der Waals surface area (Å²) in [6.45, 7) is 0. The van der Waals surface area contributed by atoms with Crippen molar-refractivity contribution in [2.24, 2.45) is 0 Å². The van der Waals surface area contributed by atoms with Crippen molar-refractivity contribution in [3.05, 3.63) is 113 Å². The van der Waals surface area contributed by atoms with E-state index in [1.807, 2.05) is 12.1 Å². The highest BCUT2D eigenvalue weighted by Crippen LogP contribution is 2.22. The number of carbonyl (C=O) groups is 4. The predicted octanol–water partition coefficient (Wildman–Crippen LogP) is 2.56. The number of rotatable bonds is 4. The predicted molar refractivity (Wildman–Crippen MR) is 129 cm³/mol. The molecule has 0 saturated heterocycles. The number of benzene rings is 4. The maximum atomic E-state index is 12.7. The summed E-state index contributed by atoms with van der Waals surface area (Å²) in [7, 11) is 0. The zero-order valence-electron chi connectivity index (χ0n) is 17.9. The van der Waals surface area contributed by atoms with Gasteiger partial charge in [0.25, 0.3) is 11.8 Å². The molecule has 0 aromatic heterocycles. The van der Waals surface area contributed by atoms with Crippen LogP contribution in [0.4, 0.5) is 5.69 Å². The number of amides is 2. The number of fused-ring (bicyclic) bond motifs is 2. The highest BCUT2D eigenvalue weighted by Gasteiger charge is 2.24. The van der Waals surface area contributed by atoms with Gasteiger partial charge >= 0.3 is 0 Å². The number of hydrogen-bond acceptors (Lipinski definition) is 4. The van der Waals surface area contributed by atoms with Gasteiger partial charge in [0, 0.05) is 27.4 Å². The second-order valence-corrected chi connectivity index (χ2v) is 7.82. The first-order chi connectivity index (χ1) is 16.5. The molecule has 0 saturated carbocycles. The van der Waals surface area contributed by atoms with E-state index >= 15 is 0 Å². The van der Waals surface area contributed by atoms with E-state index in [-0.39, 0.29) is 11.6 Å². The lowest BCUT2D eigenvalue weighted by atomic mass is 9.98. The minimum Gasteiger partial charge on any atom is -0.321 e. The molecule has 4 aromatic carbocycles.